The van der Waals surface area contributed by atoms with Gasteiger partial charge >= 0.3 is 5.97 Å². The molecule has 0 radical (unpaired) electrons. The molecule has 4 N–H and O–H groups in total. The minimum Gasteiger partial charge on any atom is -0.458 e. The Morgan fingerprint density at radius 2 is 1.95 bits per heavy atom. The van der Waals surface area contributed by atoms with E-state index >= 15 is 0 Å². The SMILES string of the molecule is CCCCc1nc(Cl)c(COC(=O)[C@@H](N)Cc2ncc[nH]2)n1Cc1ccc(-c2ccccc2-c2nn[nH]n2)cc1. The zero-order chi connectivity index (χ0) is 27.9. The second-order valence-electron chi connectivity index (χ2n) is 9.39. The monoisotopic (exact) mass is 559 g/mol. The summed E-state index contributed by atoms with van der Waals surface area (Å²) >= 11 is 6.56. The zero-order valence-electron chi connectivity index (χ0n) is 22.0. The Labute approximate surface area is 236 Å². The molecule has 1 atom stereocenters. The highest BCUT2D eigenvalue weighted by Crippen LogP contribution is 2.30. The lowest BCUT2D eigenvalue weighted by atomic mass is 9.98. The fourth-order valence-electron chi connectivity index (χ4n) is 4.48. The predicted molar refractivity (Wildman–Crippen MR) is 150 cm³/mol. The number of ether oxygens (including phenoxy) is 1. The number of nitrogens with zero attached hydrogens (tertiary/aromatic N) is 6. The van der Waals surface area contributed by atoms with E-state index in [4.69, 9.17) is 22.1 Å². The third-order valence-corrected chi connectivity index (χ3v) is 6.90. The molecule has 0 saturated carbocycles. The summed E-state index contributed by atoms with van der Waals surface area (Å²) in [5, 5.41) is 14.8. The average Bonchev–Trinajstić information content (AvgIpc) is 3.74. The summed E-state index contributed by atoms with van der Waals surface area (Å²) in [5.41, 5.74) is 10.7. The molecule has 40 heavy (non-hydrogen) atoms. The number of rotatable bonds is 12. The van der Waals surface area contributed by atoms with Gasteiger partial charge in [0.2, 0.25) is 5.82 Å². The molecule has 3 heterocycles. The number of tetrazole rings is 1. The number of imidazole rings is 2. The highest BCUT2D eigenvalue weighted by atomic mass is 35.5. The topological polar surface area (TPSA) is 153 Å². The van der Waals surface area contributed by atoms with Crippen LogP contribution in [-0.4, -0.2) is 52.2 Å². The van der Waals surface area contributed by atoms with E-state index in [1.54, 1.807) is 12.4 Å². The van der Waals surface area contributed by atoms with E-state index < -0.39 is 12.0 Å². The van der Waals surface area contributed by atoms with Gasteiger partial charge in [0.25, 0.3) is 0 Å². The first-order chi connectivity index (χ1) is 19.5. The van der Waals surface area contributed by atoms with E-state index in [9.17, 15) is 4.79 Å². The Hall–Kier alpha value is -4.35. The van der Waals surface area contributed by atoms with Crippen LogP contribution < -0.4 is 5.73 Å². The van der Waals surface area contributed by atoms with Gasteiger partial charge in [0.05, 0.1) is 5.69 Å². The summed E-state index contributed by atoms with van der Waals surface area (Å²) in [7, 11) is 0. The standard InChI is InChI=1S/C28H30ClN9O2/c1-2-3-8-25-33-26(29)23(17-40-28(39)22(30)15-24-31-13-14-32-24)38(25)16-18-9-11-19(12-10-18)20-6-4-5-7-21(20)27-34-36-37-35-27/h4-7,9-14,22H,2-3,8,15-17,30H2,1H3,(H,31,32)(H,34,35,36,37)/t22-/m0/s1. The van der Waals surface area contributed by atoms with Crippen LogP contribution in [0.4, 0.5) is 0 Å². The molecule has 0 aliphatic heterocycles. The minimum atomic E-state index is -0.844. The molecule has 0 unspecified atom stereocenters. The van der Waals surface area contributed by atoms with E-state index in [2.05, 4.69) is 66.8 Å². The van der Waals surface area contributed by atoms with Crippen molar-refractivity contribution < 1.29 is 9.53 Å². The number of carbonyl (C=O) groups is 1. The maximum absolute atomic E-state index is 12.6. The van der Waals surface area contributed by atoms with Crippen LogP contribution in [0.3, 0.4) is 0 Å². The molecule has 0 amide bonds. The normalized spacial score (nSPS) is 12.0. The van der Waals surface area contributed by atoms with Crippen LogP contribution in [0.25, 0.3) is 22.5 Å². The second-order valence-corrected chi connectivity index (χ2v) is 9.75. The molecule has 3 aromatic heterocycles. The van der Waals surface area contributed by atoms with Crippen molar-refractivity contribution in [2.45, 2.75) is 51.8 Å². The van der Waals surface area contributed by atoms with Crippen LogP contribution in [0.2, 0.25) is 5.15 Å². The quantitative estimate of drug-likeness (QED) is 0.193. The number of hydrogen-bond acceptors (Lipinski definition) is 8. The van der Waals surface area contributed by atoms with Crippen molar-refractivity contribution in [1.82, 2.24) is 40.1 Å². The molecule has 0 spiro atoms. The molecule has 0 saturated heterocycles. The van der Waals surface area contributed by atoms with Gasteiger partial charge in [-0.1, -0.05) is 73.5 Å². The minimum absolute atomic E-state index is 0.0290. The van der Waals surface area contributed by atoms with Crippen LogP contribution >= 0.6 is 11.6 Å². The van der Waals surface area contributed by atoms with Gasteiger partial charge in [0, 0.05) is 37.3 Å². The number of halogens is 1. The van der Waals surface area contributed by atoms with Crippen molar-refractivity contribution in [3.8, 4) is 22.5 Å². The van der Waals surface area contributed by atoms with Gasteiger partial charge in [-0.15, -0.1) is 10.2 Å². The van der Waals surface area contributed by atoms with Gasteiger partial charge in [0.1, 0.15) is 24.3 Å². The number of nitrogens with two attached hydrogens (primary N) is 1. The van der Waals surface area contributed by atoms with E-state index in [1.165, 1.54) is 0 Å². The number of H-pyrrole nitrogens is 2. The van der Waals surface area contributed by atoms with Gasteiger partial charge < -0.3 is 20.0 Å². The summed E-state index contributed by atoms with van der Waals surface area (Å²) in [6, 6.07) is 15.3. The van der Waals surface area contributed by atoms with E-state index in [0.29, 0.717) is 29.0 Å². The number of aromatic nitrogens is 8. The fraction of sp³-hybridized carbons (Fsp3) is 0.286. The van der Waals surface area contributed by atoms with Crippen molar-refractivity contribution in [2.75, 3.05) is 0 Å². The van der Waals surface area contributed by atoms with Crippen LogP contribution in [0, 0.1) is 0 Å². The highest BCUT2D eigenvalue weighted by molar-refractivity contribution is 6.30. The maximum atomic E-state index is 12.6. The molecule has 206 valence electrons. The van der Waals surface area contributed by atoms with Crippen molar-refractivity contribution >= 4 is 17.6 Å². The lowest BCUT2D eigenvalue weighted by Gasteiger charge is -2.15. The Morgan fingerprint density at radius 3 is 2.65 bits per heavy atom. The molecular weight excluding hydrogens is 530 g/mol. The first-order valence-corrected chi connectivity index (χ1v) is 13.5. The molecule has 2 aromatic carbocycles. The summed E-state index contributed by atoms with van der Waals surface area (Å²) < 4.78 is 7.60. The lowest BCUT2D eigenvalue weighted by Crippen LogP contribution is -2.34. The van der Waals surface area contributed by atoms with E-state index in [0.717, 1.165) is 47.3 Å². The summed E-state index contributed by atoms with van der Waals surface area (Å²) in [4.78, 5) is 24.3. The van der Waals surface area contributed by atoms with Gasteiger partial charge in [-0.25, -0.2) is 9.97 Å². The predicted octanol–water partition coefficient (Wildman–Crippen LogP) is 4.11. The average molecular weight is 560 g/mol. The van der Waals surface area contributed by atoms with Crippen molar-refractivity contribution in [1.29, 1.82) is 0 Å². The van der Waals surface area contributed by atoms with E-state index in [1.807, 2.05) is 28.8 Å². The Morgan fingerprint density at radius 1 is 1.15 bits per heavy atom. The Bertz CT molecular complexity index is 1530. The van der Waals surface area contributed by atoms with Crippen LogP contribution in [0.5, 0.6) is 0 Å². The molecule has 0 bridgehead atoms. The third-order valence-electron chi connectivity index (χ3n) is 6.60. The Balaban J connectivity index is 1.34. The van der Waals surface area contributed by atoms with Crippen LogP contribution in [0.1, 0.15) is 42.7 Å². The third kappa shape index (κ3) is 6.27. The first kappa shape index (κ1) is 27.2. The van der Waals surface area contributed by atoms with Crippen molar-refractivity contribution in [3.63, 3.8) is 0 Å². The first-order valence-electron chi connectivity index (χ1n) is 13.1. The molecule has 0 aliphatic carbocycles. The highest BCUT2D eigenvalue weighted by Gasteiger charge is 2.21. The molecule has 5 aromatic rings. The van der Waals surface area contributed by atoms with Crippen LogP contribution in [-0.2, 0) is 35.5 Å². The zero-order valence-corrected chi connectivity index (χ0v) is 22.8. The van der Waals surface area contributed by atoms with Gasteiger partial charge in [-0.05, 0) is 28.3 Å². The number of hydrogen-bond donors (Lipinski definition) is 3. The molecule has 5 rings (SSSR count). The lowest BCUT2D eigenvalue weighted by molar-refractivity contribution is -0.146. The summed E-state index contributed by atoms with van der Waals surface area (Å²) in [6.07, 6.45) is 6.30. The molecule has 12 heteroatoms. The number of nitrogens with one attached hydrogen (secondary N) is 2. The number of aromatic amines is 2. The maximum Gasteiger partial charge on any atom is 0.323 e. The van der Waals surface area contributed by atoms with Gasteiger partial charge in [-0.2, -0.15) is 5.21 Å². The fourth-order valence-corrected chi connectivity index (χ4v) is 4.74. The van der Waals surface area contributed by atoms with E-state index in [-0.39, 0.29) is 13.0 Å². The number of aryl methyl sites for hydroxylation is 1. The molecule has 11 nitrogen and oxygen atoms in total. The van der Waals surface area contributed by atoms with Crippen molar-refractivity contribution in [2.24, 2.45) is 5.73 Å². The molecular formula is C28H30ClN9O2. The number of esters is 1. The summed E-state index contributed by atoms with van der Waals surface area (Å²) in [5.74, 6) is 1.48. The number of benzene rings is 2. The molecule has 0 aliphatic rings. The smallest absolute Gasteiger partial charge is 0.323 e. The summed E-state index contributed by atoms with van der Waals surface area (Å²) in [6.45, 7) is 2.62. The second kappa shape index (κ2) is 12.7. The van der Waals surface area contributed by atoms with Crippen molar-refractivity contribution in [3.05, 3.63) is 89.0 Å². The molecule has 0 fully saturated rings. The largest absolute Gasteiger partial charge is 0.458 e. The Kier molecular flexibility index (Phi) is 8.62. The number of unbranched alkanes of at least 4 members (excludes halogenated alkanes) is 1. The van der Waals surface area contributed by atoms with Crippen LogP contribution in [0.15, 0.2) is 60.9 Å². The van der Waals surface area contributed by atoms with Gasteiger partial charge in [0.15, 0.2) is 5.15 Å². The number of carbonyl (C=O) groups excluding carboxylic acids is 1. The van der Waals surface area contributed by atoms with Gasteiger partial charge in [-0.3, -0.25) is 4.79 Å².